The fourth-order valence-electron chi connectivity index (χ4n) is 3.97. The standard InChI is InChI=1S/C19H22Cl2FNO3S/c1-19(2)15(9-16(20)21)17(19)18(24)23(14-7-8-27(25,26)11-14)10-12-3-5-13(22)6-4-12/h3-6,9,14-15,17H,7-8,10-11H2,1-2H3/t14-,15-,17+/m1/s1. The monoisotopic (exact) mass is 433 g/mol. The Morgan fingerprint density at radius 3 is 2.44 bits per heavy atom. The van der Waals surface area contributed by atoms with Crippen LogP contribution >= 0.6 is 23.2 Å². The van der Waals surface area contributed by atoms with Gasteiger partial charge in [0.15, 0.2) is 9.84 Å². The minimum absolute atomic E-state index is 0.0378. The van der Waals surface area contributed by atoms with E-state index in [1.165, 1.54) is 12.1 Å². The summed E-state index contributed by atoms with van der Waals surface area (Å²) in [4.78, 5) is 15.0. The van der Waals surface area contributed by atoms with E-state index in [2.05, 4.69) is 0 Å². The number of sulfone groups is 1. The van der Waals surface area contributed by atoms with E-state index in [4.69, 9.17) is 23.2 Å². The second-order valence-corrected chi connectivity index (χ2v) is 11.2. The van der Waals surface area contributed by atoms with E-state index in [9.17, 15) is 17.6 Å². The molecule has 1 saturated heterocycles. The van der Waals surface area contributed by atoms with Crippen molar-refractivity contribution in [1.29, 1.82) is 0 Å². The smallest absolute Gasteiger partial charge is 0.227 e. The number of amides is 1. The van der Waals surface area contributed by atoms with Gasteiger partial charge in [0.2, 0.25) is 5.91 Å². The Morgan fingerprint density at radius 1 is 1.30 bits per heavy atom. The Hall–Kier alpha value is -1.11. The zero-order chi connectivity index (χ0) is 20.0. The summed E-state index contributed by atoms with van der Waals surface area (Å²) in [5.41, 5.74) is 0.458. The van der Waals surface area contributed by atoms with Crippen LogP contribution in [0.4, 0.5) is 4.39 Å². The van der Waals surface area contributed by atoms with Crippen LogP contribution in [0.2, 0.25) is 0 Å². The summed E-state index contributed by atoms with van der Waals surface area (Å²) >= 11 is 11.6. The minimum atomic E-state index is -3.15. The molecule has 148 valence electrons. The number of hydrogen-bond donors (Lipinski definition) is 0. The summed E-state index contributed by atoms with van der Waals surface area (Å²) in [6.45, 7) is 4.18. The van der Waals surface area contributed by atoms with Gasteiger partial charge in [-0.05, 0) is 41.5 Å². The Balaban J connectivity index is 1.86. The predicted molar refractivity (Wildman–Crippen MR) is 105 cm³/mol. The quantitative estimate of drug-likeness (QED) is 0.706. The molecule has 0 unspecified atom stereocenters. The van der Waals surface area contributed by atoms with Crippen molar-refractivity contribution in [2.75, 3.05) is 11.5 Å². The van der Waals surface area contributed by atoms with Crippen LogP contribution < -0.4 is 0 Å². The number of benzene rings is 1. The topological polar surface area (TPSA) is 54.5 Å². The second kappa shape index (κ2) is 7.37. The first-order chi connectivity index (χ1) is 12.5. The zero-order valence-electron chi connectivity index (χ0n) is 15.2. The number of rotatable bonds is 5. The molecule has 1 heterocycles. The fraction of sp³-hybridized carbons (Fsp3) is 0.526. The molecule has 8 heteroatoms. The third-order valence-electron chi connectivity index (χ3n) is 5.68. The van der Waals surface area contributed by atoms with Gasteiger partial charge < -0.3 is 4.90 Å². The Labute approximate surface area is 169 Å². The van der Waals surface area contributed by atoms with Crippen molar-refractivity contribution in [2.24, 2.45) is 17.3 Å². The molecule has 27 heavy (non-hydrogen) atoms. The lowest BCUT2D eigenvalue weighted by atomic mass is 10.1. The van der Waals surface area contributed by atoms with Gasteiger partial charge in [0.25, 0.3) is 0 Å². The summed E-state index contributed by atoms with van der Waals surface area (Å²) in [6.07, 6.45) is 2.09. The number of allylic oxidation sites excluding steroid dienone is 1. The van der Waals surface area contributed by atoms with Crippen molar-refractivity contribution >= 4 is 38.9 Å². The molecular weight excluding hydrogens is 412 g/mol. The van der Waals surface area contributed by atoms with Crippen LogP contribution in [0.15, 0.2) is 34.8 Å². The van der Waals surface area contributed by atoms with Gasteiger partial charge in [-0.1, -0.05) is 49.2 Å². The highest BCUT2D eigenvalue weighted by atomic mass is 35.5. The lowest BCUT2D eigenvalue weighted by molar-refractivity contribution is -0.136. The zero-order valence-corrected chi connectivity index (χ0v) is 17.5. The SMILES string of the molecule is CC1(C)[C@H](C=C(Cl)Cl)[C@H]1C(=O)N(Cc1ccc(F)cc1)[C@@H]1CCS(=O)(=O)C1. The van der Waals surface area contributed by atoms with E-state index in [1.54, 1.807) is 23.1 Å². The Morgan fingerprint density at radius 2 is 1.93 bits per heavy atom. The van der Waals surface area contributed by atoms with Crippen LogP contribution in [0.25, 0.3) is 0 Å². The molecule has 0 bridgehead atoms. The Kier molecular flexibility index (Phi) is 5.63. The second-order valence-electron chi connectivity index (χ2n) is 7.93. The molecule has 2 aliphatic rings. The largest absolute Gasteiger partial charge is 0.334 e. The van der Waals surface area contributed by atoms with Gasteiger partial charge in [-0.3, -0.25) is 4.79 Å². The number of carbonyl (C=O) groups is 1. The maximum Gasteiger partial charge on any atom is 0.227 e. The molecule has 2 fully saturated rings. The first-order valence-electron chi connectivity index (χ1n) is 8.79. The van der Waals surface area contributed by atoms with Crippen molar-refractivity contribution in [3.05, 3.63) is 46.2 Å². The van der Waals surface area contributed by atoms with Gasteiger partial charge in [0.05, 0.1) is 17.4 Å². The molecule has 0 spiro atoms. The molecule has 1 aromatic rings. The van der Waals surface area contributed by atoms with Crippen molar-refractivity contribution in [2.45, 2.75) is 32.9 Å². The van der Waals surface area contributed by atoms with Gasteiger partial charge in [-0.25, -0.2) is 12.8 Å². The number of carbonyl (C=O) groups excluding carboxylic acids is 1. The van der Waals surface area contributed by atoms with Gasteiger partial charge in [0, 0.05) is 12.6 Å². The van der Waals surface area contributed by atoms with Gasteiger partial charge in [-0.2, -0.15) is 0 Å². The summed E-state index contributed by atoms with van der Waals surface area (Å²) in [5, 5.41) is 0. The van der Waals surface area contributed by atoms with Crippen LogP contribution in [-0.2, 0) is 21.2 Å². The first kappa shape index (κ1) is 20.6. The molecular formula is C19H22Cl2FNO3S. The minimum Gasteiger partial charge on any atom is -0.334 e. The maximum atomic E-state index is 13.3. The summed E-state index contributed by atoms with van der Waals surface area (Å²) in [7, 11) is -3.15. The van der Waals surface area contributed by atoms with Crippen LogP contribution in [0, 0.1) is 23.1 Å². The number of hydrogen-bond acceptors (Lipinski definition) is 3. The molecule has 0 radical (unpaired) electrons. The average Bonchev–Trinajstić information content (AvgIpc) is 2.90. The lowest BCUT2D eigenvalue weighted by Gasteiger charge is -2.29. The van der Waals surface area contributed by atoms with E-state index < -0.39 is 9.84 Å². The molecule has 1 amide bonds. The third-order valence-corrected chi connectivity index (χ3v) is 7.68. The molecule has 3 atom stereocenters. The first-order valence-corrected chi connectivity index (χ1v) is 11.4. The fourth-order valence-corrected chi connectivity index (χ4v) is 5.97. The van der Waals surface area contributed by atoms with Gasteiger partial charge in [0.1, 0.15) is 10.3 Å². The van der Waals surface area contributed by atoms with E-state index >= 15 is 0 Å². The Bertz CT molecular complexity index is 863. The predicted octanol–water partition coefficient (Wildman–Crippen LogP) is 3.93. The highest BCUT2D eigenvalue weighted by molar-refractivity contribution is 7.91. The average molecular weight is 434 g/mol. The van der Waals surface area contributed by atoms with Crippen molar-refractivity contribution in [3.63, 3.8) is 0 Å². The summed E-state index contributed by atoms with van der Waals surface area (Å²) in [6, 6.07) is 5.53. The molecule has 0 aromatic heterocycles. The molecule has 3 rings (SSSR count). The highest BCUT2D eigenvalue weighted by Gasteiger charge is 2.62. The lowest BCUT2D eigenvalue weighted by Crippen LogP contribution is -2.42. The van der Waals surface area contributed by atoms with Crippen molar-refractivity contribution in [1.82, 2.24) is 4.90 Å². The van der Waals surface area contributed by atoms with E-state index in [0.29, 0.717) is 6.42 Å². The van der Waals surface area contributed by atoms with Crippen molar-refractivity contribution < 1.29 is 17.6 Å². The molecule has 1 saturated carbocycles. The molecule has 4 nitrogen and oxygen atoms in total. The molecule has 1 aromatic carbocycles. The summed E-state index contributed by atoms with van der Waals surface area (Å²) in [5.74, 6) is -0.829. The van der Waals surface area contributed by atoms with Crippen LogP contribution in [0.3, 0.4) is 0 Å². The van der Waals surface area contributed by atoms with E-state index in [0.717, 1.165) is 5.56 Å². The van der Waals surface area contributed by atoms with Gasteiger partial charge >= 0.3 is 0 Å². The number of nitrogens with zero attached hydrogens (tertiary/aromatic N) is 1. The van der Waals surface area contributed by atoms with Crippen LogP contribution in [0.5, 0.6) is 0 Å². The number of halogens is 3. The van der Waals surface area contributed by atoms with Gasteiger partial charge in [-0.15, -0.1) is 0 Å². The molecule has 1 aliphatic heterocycles. The van der Waals surface area contributed by atoms with Crippen LogP contribution in [0.1, 0.15) is 25.8 Å². The van der Waals surface area contributed by atoms with E-state index in [1.807, 2.05) is 13.8 Å². The highest BCUT2D eigenvalue weighted by Crippen LogP contribution is 2.60. The maximum absolute atomic E-state index is 13.3. The third kappa shape index (κ3) is 4.49. The van der Waals surface area contributed by atoms with Crippen molar-refractivity contribution in [3.8, 4) is 0 Å². The van der Waals surface area contributed by atoms with Crippen LogP contribution in [-0.4, -0.2) is 36.8 Å². The molecule has 0 N–H and O–H groups in total. The summed E-state index contributed by atoms with van der Waals surface area (Å²) < 4.78 is 37.2. The normalized spacial score (nSPS) is 27.8. The van der Waals surface area contributed by atoms with E-state index in [-0.39, 0.29) is 57.6 Å². The molecule has 1 aliphatic carbocycles.